The second-order valence-electron chi connectivity index (χ2n) is 3.53. The summed E-state index contributed by atoms with van der Waals surface area (Å²) in [6.45, 7) is 13.8. The van der Waals surface area contributed by atoms with Crippen molar-refractivity contribution < 1.29 is 19.7 Å². The Morgan fingerprint density at radius 3 is 2.07 bits per heavy atom. The van der Waals surface area contributed by atoms with Crippen molar-refractivity contribution in [3.63, 3.8) is 0 Å². The quantitative estimate of drug-likeness (QED) is 0.546. The average molecular weight is 238 g/mol. The van der Waals surface area contributed by atoms with E-state index in [4.69, 9.17) is 0 Å². The Balaban J connectivity index is 2.72. The summed E-state index contributed by atoms with van der Waals surface area (Å²) in [5.74, 6) is 0. The molecule has 80 valence electrons. The molecular weight excluding hydrogens is 220 g/mol. The molecule has 0 bridgehead atoms. The van der Waals surface area contributed by atoms with Gasteiger partial charge in [0, 0.05) is 0 Å². The summed E-state index contributed by atoms with van der Waals surface area (Å²) in [5.41, 5.74) is 2.70. The summed E-state index contributed by atoms with van der Waals surface area (Å²) in [6.07, 6.45) is 3.92. The number of aryl methyl sites for hydroxylation is 2. The molecule has 0 unspecified atom stereocenters. The van der Waals surface area contributed by atoms with E-state index in [-0.39, 0.29) is 19.7 Å². The van der Waals surface area contributed by atoms with Gasteiger partial charge in [-0.25, -0.2) is 0 Å². The van der Waals surface area contributed by atoms with Crippen molar-refractivity contribution in [3.05, 3.63) is 48.8 Å². The van der Waals surface area contributed by atoms with Gasteiger partial charge in [0.05, 0.1) is 0 Å². The van der Waals surface area contributed by atoms with Gasteiger partial charge in [-0.15, -0.1) is 0 Å². The van der Waals surface area contributed by atoms with E-state index in [1.807, 2.05) is 12.2 Å². The molecule has 0 spiro atoms. The summed E-state index contributed by atoms with van der Waals surface area (Å²) in [6, 6.07) is 4.36. The second kappa shape index (κ2) is 6.11. The molecule has 1 rings (SSSR count). The van der Waals surface area contributed by atoms with Crippen molar-refractivity contribution in [1.29, 1.82) is 0 Å². The van der Waals surface area contributed by atoms with E-state index in [0.717, 1.165) is 13.1 Å². The number of aromatic nitrogens is 1. The van der Waals surface area contributed by atoms with Crippen molar-refractivity contribution in [2.75, 3.05) is 13.1 Å². The summed E-state index contributed by atoms with van der Waals surface area (Å²) < 4.78 is 4.84. The first-order valence-electron chi connectivity index (χ1n) is 5.07. The number of rotatable bonds is 6. The van der Waals surface area contributed by atoms with E-state index < -0.39 is 0 Å². The van der Waals surface area contributed by atoms with E-state index in [9.17, 15) is 0 Å². The fourth-order valence-electron chi connectivity index (χ4n) is 1.44. The molecule has 1 aromatic heterocycles. The van der Waals surface area contributed by atoms with Crippen LogP contribution in [0.3, 0.4) is 0 Å². The van der Waals surface area contributed by atoms with Crippen LogP contribution in [0.2, 0.25) is 0 Å². The van der Waals surface area contributed by atoms with Gasteiger partial charge < -0.3 is 0 Å². The average Bonchev–Trinajstić information content (AvgIpc) is 2.50. The number of hydrogen-bond acceptors (Lipinski definition) is 1. The van der Waals surface area contributed by atoms with Gasteiger partial charge in [0.1, 0.15) is 0 Å². The zero-order valence-electron chi connectivity index (χ0n) is 9.53. The Morgan fingerprint density at radius 1 is 1.20 bits per heavy atom. The molecule has 0 radical (unpaired) electrons. The van der Waals surface area contributed by atoms with Crippen molar-refractivity contribution in [1.82, 2.24) is 6.43 Å². The first-order chi connectivity index (χ1) is 7.19. The van der Waals surface area contributed by atoms with Crippen LogP contribution in [0.25, 0.3) is 0 Å². The van der Waals surface area contributed by atoms with E-state index >= 15 is 0 Å². The van der Waals surface area contributed by atoms with Crippen LogP contribution in [0.1, 0.15) is 11.4 Å². The normalized spacial score (nSPS) is 10.3. The number of nitrogens with zero attached hydrogens (tertiary/aromatic N) is 2. The Kier molecular flexibility index (Phi) is 5.10. The molecule has 0 amide bonds. The second-order valence-corrected chi connectivity index (χ2v) is 5.53. The molecular formula is C12H18N2Ti. The van der Waals surface area contributed by atoms with Gasteiger partial charge in [-0.2, -0.15) is 0 Å². The van der Waals surface area contributed by atoms with Gasteiger partial charge in [0.15, 0.2) is 0 Å². The molecule has 0 saturated carbocycles. The molecule has 2 nitrogen and oxygen atoms in total. The van der Waals surface area contributed by atoms with Gasteiger partial charge in [-0.05, 0) is 0 Å². The summed E-state index contributed by atoms with van der Waals surface area (Å²) in [5, 5.41) is 0. The Hall–Kier alpha value is -0.566. The van der Waals surface area contributed by atoms with Crippen LogP contribution in [0.15, 0.2) is 37.4 Å². The molecule has 3 heteroatoms. The van der Waals surface area contributed by atoms with Crippen LogP contribution in [0, 0.1) is 13.8 Å². The van der Waals surface area contributed by atoms with Crippen molar-refractivity contribution in [2.45, 2.75) is 13.8 Å². The first-order valence-corrected chi connectivity index (χ1v) is 6.47. The van der Waals surface area contributed by atoms with Crippen molar-refractivity contribution in [2.24, 2.45) is 0 Å². The first kappa shape index (κ1) is 12.5. The zero-order chi connectivity index (χ0) is 11.3. The summed E-state index contributed by atoms with van der Waals surface area (Å²) in [4.78, 5) is 0. The van der Waals surface area contributed by atoms with Gasteiger partial charge in [0.2, 0.25) is 0 Å². The molecule has 0 aliphatic carbocycles. The Bertz CT molecular complexity index is 312. The van der Waals surface area contributed by atoms with E-state index in [1.165, 1.54) is 11.4 Å². The van der Waals surface area contributed by atoms with E-state index in [1.54, 1.807) is 0 Å². The van der Waals surface area contributed by atoms with Crippen LogP contribution >= 0.6 is 0 Å². The predicted octanol–water partition coefficient (Wildman–Crippen LogP) is 2.54. The molecule has 0 aliphatic heterocycles. The molecule has 0 atom stereocenters. The van der Waals surface area contributed by atoms with Crippen LogP contribution in [-0.4, -0.2) is 19.5 Å². The molecule has 0 saturated heterocycles. The molecule has 0 N–H and O–H groups in total. The van der Waals surface area contributed by atoms with Crippen molar-refractivity contribution >= 4 is 0 Å². The maximum absolute atomic E-state index is 3.79. The molecule has 0 aliphatic rings. The minimum absolute atomic E-state index is 0.294. The topological polar surface area (TPSA) is 8.17 Å². The van der Waals surface area contributed by atoms with Crippen LogP contribution in [-0.2, 0) is 19.7 Å². The molecule has 0 fully saturated rings. The SMILES string of the molecule is C=CC[N](CC=C)[Ti][n]1c(C)ccc1C. The summed E-state index contributed by atoms with van der Waals surface area (Å²) >= 11 is -0.294. The van der Waals surface area contributed by atoms with Gasteiger partial charge in [-0.3, -0.25) is 0 Å². The minimum atomic E-state index is -0.294. The van der Waals surface area contributed by atoms with E-state index in [0.29, 0.717) is 0 Å². The third-order valence-corrected chi connectivity index (χ3v) is 4.64. The third kappa shape index (κ3) is 3.49. The van der Waals surface area contributed by atoms with Crippen LogP contribution < -0.4 is 0 Å². The van der Waals surface area contributed by atoms with Crippen molar-refractivity contribution in [3.8, 4) is 0 Å². The maximum atomic E-state index is 3.79. The van der Waals surface area contributed by atoms with Gasteiger partial charge >= 0.3 is 102 Å². The number of hydrogen-bond donors (Lipinski definition) is 0. The molecule has 1 heterocycles. The van der Waals surface area contributed by atoms with Crippen LogP contribution in [0.5, 0.6) is 0 Å². The summed E-state index contributed by atoms with van der Waals surface area (Å²) in [7, 11) is 0. The molecule has 0 aromatic carbocycles. The van der Waals surface area contributed by atoms with Gasteiger partial charge in [-0.1, -0.05) is 0 Å². The zero-order valence-corrected chi connectivity index (χ0v) is 11.1. The Labute approximate surface area is 102 Å². The fraction of sp³-hybridized carbons (Fsp3) is 0.333. The molecule has 15 heavy (non-hydrogen) atoms. The van der Waals surface area contributed by atoms with E-state index in [2.05, 4.69) is 45.6 Å². The van der Waals surface area contributed by atoms with Crippen LogP contribution in [0.4, 0.5) is 0 Å². The van der Waals surface area contributed by atoms with Gasteiger partial charge in [0.25, 0.3) is 0 Å². The third-order valence-electron chi connectivity index (χ3n) is 2.21. The standard InChI is InChI=1S/C6H8N.C6H10N.Ti/c1-5-3-4-6(2)7-5;1-3-5-7-6-4-2;/h3-4H,1-2H3;3-4H,1-2,5-6H2;/q2*-1;+2. The predicted molar refractivity (Wildman–Crippen MR) is 61.3 cm³/mol. The molecule has 1 aromatic rings. The Morgan fingerprint density at radius 2 is 1.67 bits per heavy atom. The fourth-order valence-corrected chi connectivity index (χ4v) is 3.26. The monoisotopic (exact) mass is 238 g/mol.